The van der Waals surface area contributed by atoms with Crippen LogP contribution in [0.25, 0.3) is 10.2 Å². The molecule has 3 rings (SSSR count). The molecule has 114 valence electrons. The van der Waals surface area contributed by atoms with Crippen molar-refractivity contribution in [3.8, 4) is 0 Å². The maximum atomic E-state index is 12.5. The van der Waals surface area contributed by atoms with Gasteiger partial charge in [-0.3, -0.25) is 19.7 Å². The molecule has 0 radical (unpaired) electrons. The monoisotopic (exact) mass is 381 g/mol. The number of halogens is 1. The van der Waals surface area contributed by atoms with Crippen molar-refractivity contribution in [1.29, 1.82) is 0 Å². The Labute approximate surface area is 137 Å². The van der Waals surface area contributed by atoms with E-state index in [1.54, 1.807) is 20.0 Å². The van der Waals surface area contributed by atoms with Crippen molar-refractivity contribution in [2.24, 2.45) is 7.05 Å². The molecule has 7 nitrogen and oxygen atoms in total. The van der Waals surface area contributed by atoms with Crippen molar-refractivity contribution in [3.05, 3.63) is 43.5 Å². The lowest BCUT2D eigenvalue weighted by Gasteiger charge is -2.11. The van der Waals surface area contributed by atoms with Crippen LogP contribution in [0.5, 0.6) is 0 Å². The summed E-state index contributed by atoms with van der Waals surface area (Å²) >= 11 is 4.72. The lowest BCUT2D eigenvalue weighted by atomic mass is 10.3. The van der Waals surface area contributed by atoms with Gasteiger partial charge in [0.05, 0.1) is 16.1 Å². The molecule has 0 saturated carbocycles. The summed E-state index contributed by atoms with van der Waals surface area (Å²) in [5, 5.41) is 4.48. The molecule has 0 bridgehead atoms. The van der Waals surface area contributed by atoms with E-state index in [1.807, 2.05) is 6.92 Å². The Morgan fingerprint density at radius 3 is 2.77 bits per heavy atom. The maximum absolute atomic E-state index is 12.5. The first-order valence-electron chi connectivity index (χ1n) is 6.37. The van der Waals surface area contributed by atoms with Crippen LogP contribution in [0.15, 0.2) is 21.5 Å². The fraction of sp³-hybridized carbons (Fsp3) is 0.231. The molecule has 3 aromatic heterocycles. The highest BCUT2D eigenvalue weighted by Crippen LogP contribution is 2.20. The first-order chi connectivity index (χ1) is 10.4. The number of hydrogen-bond acceptors (Lipinski definition) is 5. The van der Waals surface area contributed by atoms with Crippen LogP contribution in [0.1, 0.15) is 21.2 Å². The van der Waals surface area contributed by atoms with Gasteiger partial charge in [-0.1, -0.05) is 0 Å². The van der Waals surface area contributed by atoms with Crippen LogP contribution >= 0.6 is 27.3 Å². The van der Waals surface area contributed by atoms with Gasteiger partial charge in [0.15, 0.2) is 0 Å². The SMILES string of the molecule is Cc1cc2c(=O)n(NC(=O)c3c(Br)cnn3C)c(C)nc2s1. The van der Waals surface area contributed by atoms with E-state index in [9.17, 15) is 9.59 Å². The Kier molecular flexibility index (Phi) is 3.61. The van der Waals surface area contributed by atoms with Crippen molar-refractivity contribution < 1.29 is 4.79 Å². The number of aryl methyl sites for hydroxylation is 3. The van der Waals surface area contributed by atoms with Gasteiger partial charge in [-0.25, -0.2) is 9.66 Å². The van der Waals surface area contributed by atoms with Gasteiger partial charge in [0.2, 0.25) is 0 Å². The molecule has 1 amide bonds. The molecule has 0 aliphatic carbocycles. The highest BCUT2D eigenvalue weighted by Gasteiger charge is 2.18. The van der Waals surface area contributed by atoms with Crippen LogP contribution in [0, 0.1) is 13.8 Å². The second-order valence-corrected chi connectivity index (χ2v) is 6.87. The second-order valence-electron chi connectivity index (χ2n) is 4.78. The fourth-order valence-electron chi connectivity index (χ4n) is 2.15. The third kappa shape index (κ3) is 2.35. The number of carbonyl (C=O) groups excluding carboxylic acids is 1. The van der Waals surface area contributed by atoms with Gasteiger partial charge in [0, 0.05) is 11.9 Å². The molecular formula is C13H12BrN5O2S. The minimum Gasteiger partial charge on any atom is -0.267 e. The highest BCUT2D eigenvalue weighted by atomic mass is 79.9. The summed E-state index contributed by atoms with van der Waals surface area (Å²) in [6, 6.07) is 1.78. The first-order valence-corrected chi connectivity index (χ1v) is 7.98. The number of nitrogens with one attached hydrogen (secondary N) is 1. The summed E-state index contributed by atoms with van der Waals surface area (Å²) in [6.07, 6.45) is 1.52. The average molecular weight is 382 g/mol. The van der Waals surface area contributed by atoms with E-state index in [1.165, 1.54) is 22.2 Å². The van der Waals surface area contributed by atoms with Gasteiger partial charge in [-0.15, -0.1) is 11.3 Å². The third-order valence-electron chi connectivity index (χ3n) is 3.18. The third-order valence-corrected chi connectivity index (χ3v) is 4.70. The quantitative estimate of drug-likeness (QED) is 0.735. The number of amides is 1. The van der Waals surface area contributed by atoms with Crippen LogP contribution in [0.3, 0.4) is 0 Å². The minimum absolute atomic E-state index is 0.293. The van der Waals surface area contributed by atoms with Crippen LogP contribution in [-0.2, 0) is 7.05 Å². The number of carbonyl (C=O) groups is 1. The molecule has 3 heterocycles. The Morgan fingerprint density at radius 1 is 1.41 bits per heavy atom. The molecule has 1 N–H and O–H groups in total. The van der Waals surface area contributed by atoms with E-state index in [0.717, 1.165) is 9.55 Å². The molecule has 0 fully saturated rings. The Bertz CT molecular complexity index is 936. The normalized spacial score (nSPS) is 11.1. The van der Waals surface area contributed by atoms with Gasteiger partial charge < -0.3 is 0 Å². The van der Waals surface area contributed by atoms with Crippen molar-refractivity contribution in [2.75, 3.05) is 5.43 Å². The topological polar surface area (TPSA) is 81.8 Å². The van der Waals surface area contributed by atoms with E-state index in [0.29, 0.717) is 26.2 Å². The second kappa shape index (κ2) is 5.33. The van der Waals surface area contributed by atoms with E-state index in [2.05, 4.69) is 31.4 Å². The first kappa shape index (κ1) is 14.9. The molecule has 0 unspecified atom stereocenters. The van der Waals surface area contributed by atoms with Crippen molar-refractivity contribution >= 4 is 43.4 Å². The van der Waals surface area contributed by atoms with Crippen LogP contribution in [-0.4, -0.2) is 25.3 Å². The number of aromatic nitrogens is 4. The highest BCUT2D eigenvalue weighted by molar-refractivity contribution is 9.10. The Morgan fingerprint density at radius 2 is 2.14 bits per heavy atom. The lowest BCUT2D eigenvalue weighted by molar-refractivity contribution is 0.0996. The van der Waals surface area contributed by atoms with E-state index >= 15 is 0 Å². The summed E-state index contributed by atoms with van der Waals surface area (Å²) in [5.74, 6) is -0.0174. The van der Waals surface area contributed by atoms with Crippen LogP contribution in [0.2, 0.25) is 0 Å². The number of hydrogen-bond donors (Lipinski definition) is 1. The zero-order valence-electron chi connectivity index (χ0n) is 12.0. The lowest BCUT2D eigenvalue weighted by Crippen LogP contribution is -2.36. The smallest absolute Gasteiger partial charge is 0.267 e. The number of nitrogens with zero attached hydrogens (tertiary/aromatic N) is 4. The predicted octanol–water partition coefficient (Wildman–Crippen LogP) is 1.95. The number of rotatable bonds is 2. The molecule has 22 heavy (non-hydrogen) atoms. The summed E-state index contributed by atoms with van der Waals surface area (Å²) in [7, 11) is 1.65. The van der Waals surface area contributed by atoms with Gasteiger partial charge in [0.1, 0.15) is 16.3 Å². The molecule has 0 aliphatic rings. The molecular weight excluding hydrogens is 370 g/mol. The van der Waals surface area contributed by atoms with E-state index in [4.69, 9.17) is 0 Å². The largest absolute Gasteiger partial charge is 0.289 e. The van der Waals surface area contributed by atoms with Crippen molar-refractivity contribution in [2.45, 2.75) is 13.8 Å². The van der Waals surface area contributed by atoms with E-state index in [-0.39, 0.29) is 5.56 Å². The number of thiophene rings is 1. The van der Waals surface area contributed by atoms with Crippen molar-refractivity contribution in [1.82, 2.24) is 19.4 Å². The van der Waals surface area contributed by atoms with E-state index < -0.39 is 5.91 Å². The molecule has 0 aromatic carbocycles. The van der Waals surface area contributed by atoms with Gasteiger partial charge in [-0.2, -0.15) is 5.10 Å². The van der Waals surface area contributed by atoms with Crippen LogP contribution < -0.4 is 11.0 Å². The molecule has 9 heteroatoms. The van der Waals surface area contributed by atoms with Gasteiger partial charge in [0.25, 0.3) is 11.5 Å². The average Bonchev–Trinajstić information content (AvgIpc) is 2.97. The molecule has 0 spiro atoms. The van der Waals surface area contributed by atoms with Gasteiger partial charge >= 0.3 is 0 Å². The summed E-state index contributed by atoms with van der Waals surface area (Å²) in [6.45, 7) is 3.59. The van der Waals surface area contributed by atoms with Crippen LogP contribution in [0.4, 0.5) is 0 Å². The summed E-state index contributed by atoms with van der Waals surface area (Å²) in [5.41, 5.74) is 2.61. The maximum Gasteiger partial charge on any atom is 0.289 e. The number of fused-ring (bicyclic) bond motifs is 1. The standard InChI is InChI=1S/C13H12BrN5O2S/c1-6-4-8-12(22-6)16-7(2)19(13(8)21)17-11(20)10-9(14)5-15-18(10)3/h4-5H,1-3H3,(H,17,20). The molecule has 0 saturated heterocycles. The zero-order valence-corrected chi connectivity index (χ0v) is 14.4. The zero-order chi connectivity index (χ0) is 16.0. The van der Waals surface area contributed by atoms with Crippen molar-refractivity contribution in [3.63, 3.8) is 0 Å². The molecule has 0 atom stereocenters. The molecule has 3 aromatic rings. The Hall–Kier alpha value is -2.00. The fourth-order valence-corrected chi connectivity index (χ4v) is 3.60. The Balaban J connectivity index is 2.08. The molecule has 0 aliphatic heterocycles. The predicted molar refractivity (Wildman–Crippen MR) is 88.0 cm³/mol. The minimum atomic E-state index is -0.440. The summed E-state index contributed by atoms with van der Waals surface area (Å²) < 4.78 is 3.15. The van der Waals surface area contributed by atoms with Gasteiger partial charge in [-0.05, 0) is 35.8 Å². The summed E-state index contributed by atoms with van der Waals surface area (Å²) in [4.78, 5) is 30.9.